The summed E-state index contributed by atoms with van der Waals surface area (Å²) in [6.07, 6.45) is -0.859. The second kappa shape index (κ2) is 4.88. The van der Waals surface area contributed by atoms with Gasteiger partial charge in [0.05, 0.1) is 4.90 Å². The van der Waals surface area contributed by atoms with Gasteiger partial charge in [-0.2, -0.15) is 12.8 Å². The van der Waals surface area contributed by atoms with E-state index in [2.05, 4.69) is 9.13 Å². The van der Waals surface area contributed by atoms with Crippen molar-refractivity contribution in [2.24, 2.45) is 4.40 Å². The van der Waals surface area contributed by atoms with Crippen LogP contribution in [0.1, 0.15) is 12.8 Å². The molecule has 0 amide bonds. The molecule has 2 rings (SSSR count). The molecule has 19 heavy (non-hydrogen) atoms. The van der Waals surface area contributed by atoms with Gasteiger partial charge in [0.25, 0.3) is 10.0 Å². The van der Waals surface area contributed by atoms with Crippen molar-refractivity contribution in [3.8, 4) is 0 Å². The lowest BCUT2D eigenvalue weighted by molar-refractivity contribution is -0.227. The molecule has 1 aliphatic heterocycles. The number of hydrogen-bond acceptors (Lipinski definition) is 6. The van der Waals surface area contributed by atoms with E-state index >= 15 is 0 Å². The molecular formula is C11H11N2O5S-. The Morgan fingerprint density at radius 3 is 2.53 bits per heavy atom. The summed E-state index contributed by atoms with van der Waals surface area (Å²) in [5.74, 6) is -1.50. The third-order valence-electron chi connectivity index (χ3n) is 2.55. The number of carbonyl (C=O) groups excluding carboxylic acids is 1. The van der Waals surface area contributed by atoms with Gasteiger partial charge in [-0.25, -0.2) is 0 Å². The van der Waals surface area contributed by atoms with Crippen molar-refractivity contribution in [2.75, 3.05) is 5.73 Å². The predicted molar refractivity (Wildman–Crippen MR) is 64.6 cm³/mol. The Bertz CT molecular complexity index is 621. The van der Waals surface area contributed by atoms with E-state index in [-0.39, 0.29) is 17.7 Å². The zero-order chi connectivity index (χ0) is 14.0. The van der Waals surface area contributed by atoms with Crippen LogP contribution in [0.2, 0.25) is 0 Å². The van der Waals surface area contributed by atoms with E-state index in [1.54, 1.807) is 0 Å². The van der Waals surface area contributed by atoms with Crippen molar-refractivity contribution in [2.45, 2.75) is 23.8 Å². The number of rotatable bonds is 3. The maximum Gasteiger partial charge on any atom is 0.306 e. The summed E-state index contributed by atoms with van der Waals surface area (Å²) in [6, 6.07) is 5.29. The Morgan fingerprint density at radius 1 is 1.37 bits per heavy atom. The minimum atomic E-state index is -4.10. The number of benzene rings is 1. The molecule has 0 bridgehead atoms. The normalized spacial score (nSPS) is 20.3. The topological polar surface area (TPSA) is 122 Å². The highest BCUT2D eigenvalue weighted by Crippen LogP contribution is 2.17. The van der Waals surface area contributed by atoms with Gasteiger partial charge in [-0.15, -0.1) is 0 Å². The number of nitrogens with two attached hydrogens (primary N) is 1. The molecule has 0 aliphatic carbocycles. The van der Waals surface area contributed by atoms with Crippen LogP contribution in [0.4, 0.5) is 5.69 Å². The quantitative estimate of drug-likeness (QED) is 0.343. The first-order chi connectivity index (χ1) is 8.88. The van der Waals surface area contributed by atoms with Crippen LogP contribution in [0.5, 0.6) is 0 Å². The fourth-order valence-corrected chi connectivity index (χ4v) is 2.51. The monoisotopic (exact) mass is 283 g/mol. The van der Waals surface area contributed by atoms with Gasteiger partial charge in [0, 0.05) is 18.0 Å². The van der Waals surface area contributed by atoms with Crippen molar-refractivity contribution < 1.29 is 23.1 Å². The van der Waals surface area contributed by atoms with E-state index < -0.39 is 28.0 Å². The standard InChI is InChI=1S/C11H12N2O5S/c12-7-1-3-8(4-2-7)19(16,17)13-11(15)9-5-6-10(14)18-9/h1-4,9H,5-6,12H2,(H,13,15)/p-1. The molecule has 1 unspecified atom stereocenters. The maximum atomic E-state index is 11.8. The number of hydrogen-bond donors (Lipinski definition) is 1. The highest BCUT2D eigenvalue weighted by molar-refractivity contribution is 7.90. The number of sulfonamides is 1. The van der Waals surface area contributed by atoms with Gasteiger partial charge >= 0.3 is 5.97 Å². The molecule has 1 aromatic carbocycles. The molecule has 8 heteroatoms. The van der Waals surface area contributed by atoms with Crippen LogP contribution in [0, 0.1) is 0 Å². The number of cyclic esters (lactones) is 1. The Kier molecular flexibility index (Phi) is 3.43. The summed E-state index contributed by atoms with van der Waals surface area (Å²) >= 11 is 0. The lowest BCUT2D eigenvalue weighted by atomic mass is 10.2. The van der Waals surface area contributed by atoms with Gasteiger partial charge in [-0.3, -0.25) is 4.79 Å². The van der Waals surface area contributed by atoms with E-state index in [9.17, 15) is 18.3 Å². The number of esters is 1. The average Bonchev–Trinajstić information content (AvgIpc) is 2.76. The Labute approximate surface area is 109 Å². The van der Waals surface area contributed by atoms with Gasteiger partial charge in [0.2, 0.25) is 0 Å². The molecule has 1 atom stereocenters. The van der Waals surface area contributed by atoms with Gasteiger partial charge in [0.1, 0.15) is 6.10 Å². The SMILES string of the molecule is Nc1ccc(S(=O)(=O)N=C([O-])C2CCC(=O)O2)cc1. The van der Waals surface area contributed by atoms with Crippen molar-refractivity contribution in [1.29, 1.82) is 0 Å². The number of anilines is 1. The summed E-state index contributed by atoms with van der Waals surface area (Å²) in [5, 5.41) is 11.6. The van der Waals surface area contributed by atoms with Crippen molar-refractivity contribution >= 4 is 27.6 Å². The van der Waals surface area contributed by atoms with Crippen LogP contribution in [-0.2, 0) is 19.6 Å². The van der Waals surface area contributed by atoms with Gasteiger partial charge in [0.15, 0.2) is 0 Å². The molecule has 0 aromatic heterocycles. The highest BCUT2D eigenvalue weighted by atomic mass is 32.2. The number of nitrogen functional groups attached to an aromatic ring is 1. The smallest absolute Gasteiger partial charge is 0.306 e. The molecule has 0 radical (unpaired) electrons. The lowest BCUT2D eigenvalue weighted by Crippen LogP contribution is -2.33. The summed E-state index contributed by atoms with van der Waals surface area (Å²) in [7, 11) is -4.10. The highest BCUT2D eigenvalue weighted by Gasteiger charge is 2.25. The Balaban J connectivity index is 2.25. The zero-order valence-corrected chi connectivity index (χ0v) is 10.6. The summed E-state index contributed by atoms with van der Waals surface area (Å²) < 4.78 is 31.4. The van der Waals surface area contributed by atoms with Gasteiger partial charge in [-0.05, 0) is 30.7 Å². The maximum absolute atomic E-state index is 11.8. The van der Waals surface area contributed by atoms with E-state index in [1.807, 2.05) is 0 Å². The van der Waals surface area contributed by atoms with Crippen LogP contribution < -0.4 is 10.8 Å². The van der Waals surface area contributed by atoms with Crippen LogP contribution in [0.25, 0.3) is 0 Å². The van der Waals surface area contributed by atoms with E-state index in [0.717, 1.165) is 0 Å². The Hall–Kier alpha value is -2.09. The van der Waals surface area contributed by atoms with Gasteiger partial charge in [-0.1, -0.05) is 0 Å². The summed E-state index contributed by atoms with van der Waals surface area (Å²) in [4.78, 5) is 10.7. The van der Waals surface area contributed by atoms with Crippen molar-refractivity contribution in [3.63, 3.8) is 0 Å². The van der Waals surface area contributed by atoms with Crippen LogP contribution in [0.15, 0.2) is 33.6 Å². The number of ether oxygens (including phenoxy) is 1. The van der Waals surface area contributed by atoms with E-state index in [4.69, 9.17) is 5.73 Å². The van der Waals surface area contributed by atoms with Crippen molar-refractivity contribution in [3.05, 3.63) is 24.3 Å². The first-order valence-corrected chi connectivity index (χ1v) is 6.89. The first-order valence-electron chi connectivity index (χ1n) is 5.45. The molecule has 1 heterocycles. The Morgan fingerprint density at radius 2 is 2.00 bits per heavy atom. The minimum absolute atomic E-state index is 0.0911. The summed E-state index contributed by atoms with van der Waals surface area (Å²) in [6.45, 7) is 0. The van der Waals surface area contributed by atoms with Gasteiger partial charge < -0.3 is 15.6 Å². The van der Waals surface area contributed by atoms with E-state index in [1.165, 1.54) is 24.3 Å². The fourth-order valence-electron chi connectivity index (χ4n) is 1.57. The lowest BCUT2D eigenvalue weighted by Gasteiger charge is -2.16. The molecule has 102 valence electrons. The molecule has 1 saturated heterocycles. The molecule has 2 N–H and O–H groups in total. The molecule has 1 aliphatic rings. The molecule has 0 saturated carbocycles. The second-order valence-corrected chi connectivity index (χ2v) is 5.59. The predicted octanol–water partition coefficient (Wildman–Crippen LogP) is -0.578. The fraction of sp³-hybridized carbons (Fsp3) is 0.273. The van der Waals surface area contributed by atoms with Crippen LogP contribution in [0.3, 0.4) is 0 Å². The largest absolute Gasteiger partial charge is 0.859 e. The van der Waals surface area contributed by atoms with E-state index in [0.29, 0.717) is 5.69 Å². The first kappa shape index (κ1) is 13.3. The van der Waals surface area contributed by atoms with Crippen molar-refractivity contribution in [1.82, 2.24) is 0 Å². The number of carbonyl (C=O) groups is 1. The molecule has 0 spiro atoms. The second-order valence-electron chi connectivity index (χ2n) is 3.99. The zero-order valence-electron chi connectivity index (χ0n) is 9.78. The minimum Gasteiger partial charge on any atom is -0.859 e. The molecule has 7 nitrogen and oxygen atoms in total. The third-order valence-corrected chi connectivity index (χ3v) is 3.84. The molecule has 1 fully saturated rings. The summed E-state index contributed by atoms with van der Waals surface area (Å²) in [5.41, 5.74) is 5.83. The molecular weight excluding hydrogens is 272 g/mol. The molecule has 1 aromatic rings. The number of nitrogens with zero attached hydrogens (tertiary/aromatic N) is 1. The average molecular weight is 283 g/mol. The van der Waals surface area contributed by atoms with Crippen LogP contribution >= 0.6 is 0 Å². The van der Waals surface area contributed by atoms with Crippen LogP contribution in [-0.4, -0.2) is 26.4 Å². The third kappa shape index (κ3) is 3.02.